The molecule has 5 heteroatoms. The van der Waals surface area contributed by atoms with Crippen LogP contribution in [0.1, 0.15) is 48.2 Å². The molecule has 0 unspecified atom stereocenters. The van der Waals surface area contributed by atoms with Gasteiger partial charge in [0.2, 0.25) is 6.79 Å². The van der Waals surface area contributed by atoms with Crippen LogP contribution in [0.5, 0.6) is 11.5 Å². The van der Waals surface area contributed by atoms with Crippen LogP contribution in [0.3, 0.4) is 0 Å². The highest BCUT2D eigenvalue weighted by Crippen LogP contribution is 2.39. The molecule has 1 aliphatic carbocycles. The number of aryl methyl sites for hydroxylation is 1. The van der Waals surface area contributed by atoms with E-state index >= 15 is 0 Å². The van der Waals surface area contributed by atoms with E-state index in [-0.39, 0.29) is 12.7 Å². The molecule has 0 bridgehead atoms. The van der Waals surface area contributed by atoms with E-state index in [0.29, 0.717) is 35.8 Å². The van der Waals surface area contributed by atoms with Gasteiger partial charge in [0.15, 0.2) is 11.5 Å². The number of hydrogen-bond acceptors (Lipinski definition) is 4. The van der Waals surface area contributed by atoms with Crippen molar-refractivity contribution in [2.24, 2.45) is 4.99 Å². The maximum absolute atomic E-state index is 13.1. The fourth-order valence-electron chi connectivity index (χ4n) is 3.74. The average molecular weight is 364 g/mol. The zero-order chi connectivity index (χ0) is 18.8. The SMILES string of the molecule is CCN(CC)C(=O)c1cc2c(cc1N=C1CCCc3ccccc31)OCO2. The van der Waals surface area contributed by atoms with Crippen LogP contribution in [0.4, 0.5) is 5.69 Å². The Balaban J connectivity index is 1.82. The van der Waals surface area contributed by atoms with Gasteiger partial charge in [0.05, 0.1) is 11.3 Å². The number of rotatable bonds is 4. The smallest absolute Gasteiger partial charge is 0.256 e. The highest BCUT2D eigenvalue weighted by molar-refractivity contribution is 6.06. The van der Waals surface area contributed by atoms with Gasteiger partial charge in [-0.25, -0.2) is 0 Å². The van der Waals surface area contributed by atoms with Gasteiger partial charge in [-0.2, -0.15) is 0 Å². The third-order valence-corrected chi connectivity index (χ3v) is 5.22. The largest absolute Gasteiger partial charge is 0.454 e. The van der Waals surface area contributed by atoms with Gasteiger partial charge in [-0.05, 0) is 50.3 Å². The van der Waals surface area contributed by atoms with Gasteiger partial charge in [-0.3, -0.25) is 9.79 Å². The fourth-order valence-corrected chi connectivity index (χ4v) is 3.74. The van der Waals surface area contributed by atoms with Gasteiger partial charge < -0.3 is 14.4 Å². The molecule has 1 heterocycles. The molecule has 2 aromatic carbocycles. The van der Waals surface area contributed by atoms with Crippen LogP contribution in [-0.4, -0.2) is 36.4 Å². The van der Waals surface area contributed by atoms with Crippen LogP contribution in [0.25, 0.3) is 0 Å². The van der Waals surface area contributed by atoms with Crippen LogP contribution in [-0.2, 0) is 6.42 Å². The lowest BCUT2D eigenvalue weighted by Gasteiger charge is -2.21. The quantitative estimate of drug-likeness (QED) is 0.810. The van der Waals surface area contributed by atoms with Crippen LogP contribution in [0, 0.1) is 0 Å². The normalized spacial score (nSPS) is 16.3. The van der Waals surface area contributed by atoms with Crippen molar-refractivity contribution in [1.82, 2.24) is 4.90 Å². The molecule has 27 heavy (non-hydrogen) atoms. The number of aliphatic imine (C=N–C) groups is 1. The second-order valence-electron chi connectivity index (χ2n) is 6.77. The Kier molecular flexibility index (Phi) is 4.84. The molecule has 2 aromatic rings. The zero-order valence-corrected chi connectivity index (χ0v) is 15.8. The van der Waals surface area contributed by atoms with Crippen LogP contribution < -0.4 is 9.47 Å². The van der Waals surface area contributed by atoms with Gasteiger partial charge >= 0.3 is 0 Å². The van der Waals surface area contributed by atoms with E-state index in [9.17, 15) is 4.79 Å². The average Bonchev–Trinajstić information content (AvgIpc) is 3.16. The number of carbonyl (C=O) groups is 1. The molecule has 0 saturated heterocycles. The molecule has 1 amide bonds. The number of carbonyl (C=O) groups excluding carboxylic acids is 1. The van der Waals surface area contributed by atoms with Gasteiger partial charge in [-0.1, -0.05) is 24.3 Å². The molecule has 0 N–H and O–H groups in total. The second kappa shape index (κ2) is 7.43. The first-order valence-corrected chi connectivity index (χ1v) is 9.60. The third kappa shape index (κ3) is 3.29. The number of hydrogen-bond donors (Lipinski definition) is 0. The standard InChI is InChI=1S/C22H24N2O3/c1-3-24(4-2)22(25)17-12-20-21(27-14-26-20)13-19(17)23-18-11-7-9-15-8-5-6-10-16(15)18/h5-6,8,10,12-13H,3-4,7,9,11,14H2,1-2H3. The maximum Gasteiger partial charge on any atom is 0.256 e. The Labute approximate surface area is 159 Å². The van der Waals surface area contributed by atoms with E-state index in [1.807, 2.05) is 26.0 Å². The summed E-state index contributed by atoms with van der Waals surface area (Å²) in [6.07, 6.45) is 3.05. The minimum Gasteiger partial charge on any atom is -0.454 e. The summed E-state index contributed by atoms with van der Waals surface area (Å²) in [5, 5.41) is 0. The monoisotopic (exact) mass is 364 g/mol. The van der Waals surface area contributed by atoms with Crippen molar-refractivity contribution < 1.29 is 14.3 Å². The molecule has 2 aliphatic rings. The highest BCUT2D eigenvalue weighted by Gasteiger charge is 2.24. The van der Waals surface area contributed by atoms with Crippen molar-refractivity contribution in [2.45, 2.75) is 33.1 Å². The van der Waals surface area contributed by atoms with E-state index in [2.05, 4.69) is 18.2 Å². The Bertz CT molecular complexity index is 900. The summed E-state index contributed by atoms with van der Waals surface area (Å²) in [7, 11) is 0. The number of ether oxygens (including phenoxy) is 2. The topological polar surface area (TPSA) is 51.1 Å². The van der Waals surface area contributed by atoms with Gasteiger partial charge in [0.25, 0.3) is 5.91 Å². The second-order valence-corrected chi connectivity index (χ2v) is 6.77. The summed E-state index contributed by atoms with van der Waals surface area (Å²) in [4.78, 5) is 19.8. The van der Waals surface area contributed by atoms with Crippen molar-refractivity contribution in [3.05, 3.63) is 53.1 Å². The summed E-state index contributed by atoms with van der Waals surface area (Å²) >= 11 is 0. The van der Waals surface area contributed by atoms with E-state index in [1.165, 1.54) is 11.1 Å². The summed E-state index contributed by atoms with van der Waals surface area (Å²) in [6.45, 7) is 5.46. The number of fused-ring (bicyclic) bond motifs is 2. The van der Waals surface area contributed by atoms with Crippen molar-refractivity contribution in [1.29, 1.82) is 0 Å². The first-order chi connectivity index (χ1) is 13.2. The van der Waals surface area contributed by atoms with Crippen molar-refractivity contribution in [2.75, 3.05) is 19.9 Å². The molecule has 0 atom stereocenters. The molecule has 0 aromatic heterocycles. The first-order valence-electron chi connectivity index (χ1n) is 9.60. The number of benzene rings is 2. The Hall–Kier alpha value is -2.82. The molecule has 0 saturated carbocycles. The summed E-state index contributed by atoms with van der Waals surface area (Å²) in [6, 6.07) is 12.0. The van der Waals surface area contributed by atoms with E-state index in [0.717, 1.165) is 25.0 Å². The predicted octanol–water partition coefficient (Wildman–Crippen LogP) is 4.35. The number of amides is 1. The Morgan fingerprint density at radius 3 is 2.59 bits per heavy atom. The van der Waals surface area contributed by atoms with Crippen molar-refractivity contribution >= 4 is 17.3 Å². The summed E-state index contributed by atoms with van der Waals surface area (Å²) in [5.41, 5.74) is 4.76. The Morgan fingerprint density at radius 1 is 1.07 bits per heavy atom. The summed E-state index contributed by atoms with van der Waals surface area (Å²) < 4.78 is 11.0. The minimum atomic E-state index is -0.0262. The Morgan fingerprint density at radius 2 is 1.81 bits per heavy atom. The van der Waals surface area contributed by atoms with E-state index < -0.39 is 0 Å². The van der Waals surface area contributed by atoms with Crippen molar-refractivity contribution in [3.8, 4) is 11.5 Å². The van der Waals surface area contributed by atoms with E-state index in [1.54, 1.807) is 11.0 Å². The lowest BCUT2D eigenvalue weighted by atomic mass is 9.90. The minimum absolute atomic E-state index is 0.0262. The lowest BCUT2D eigenvalue weighted by molar-refractivity contribution is 0.0773. The number of nitrogens with zero attached hydrogens (tertiary/aromatic N) is 2. The summed E-state index contributed by atoms with van der Waals surface area (Å²) in [5.74, 6) is 1.23. The molecule has 0 radical (unpaired) electrons. The third-order valence-electron chi connectivity index (χ3n) is 5.22. The van der Waals surface area contributed by atoms with Crippen LogP contribution in [0.2, 0.25) is 0 Å². The predicted molar refractivity (Wildman–Crippen MR) is 105 cm³/mol. The lowest BCUT2D eigenvalue weighted by Crippen LogP contribution is -2.30. The molecular formula is C22H24N2O3. The highest BCUT2D eigenvalue weighted by atomic mass is 16.7. The van der Waals surface area contributed by atoms with Gasteiger partial charge in [0, 0.05) is 24.9 Å². The van der Waals surface area contributed by atoms with Gasteiger partial charge in [-0.15, -0.1) is 0 Å². The molecule has 0 fully saturated rings. The van der Waals surface area contributed by atoms with Crippen molar-refractivity contribution in [3.63, 3.8) is 0 Å². The molecular weight excluding hydrogens is 340 g/mol. The molecule has 4 rings (SSSR count). The van der Waals surface area contributed by atoms with Crippen LogP contribution in [0.15, 0.2) is 41.4 Å². The molecule has 0 spiro atoms. The molecule has 5 nitrogen and oxygen atoms in total. The fraction of sp³-hybridized carbons (Fsp3) is 0.364. The molecule has 1 aliphatic heterocycles. The van der Waals surface area contributed by atoms with Crippen LogP contribution >= 0.6 is 0 Å². The van der Waals surface area contributed by atoms with E-state index in [4.69, 9.17) is 14.5 Å². The van der Waals surface area contributed by atoms with Gasteiger partial charge in [0.1, 0.15) is 0 Å². The maximum atomic E-state index is 13.1. The first kappa shape index (κ1) is 17.6. The zero-order valence-electron chi connectivity index (χ0n) is 15.8. The molecule has 140 valence electrons.